The lowest BCUT2D eigenvalue weighted by atomic mass is 9.98. The van der Waals surface area contributed by atoms with Gasteiger partial charge in [0, 0.05) is 39.1 Å². The highest BCUT2D eigenvalue weighted by Crippen LogP contribution is 2.31. The Morgan fingerprint density at radius 3 is 2.29 bits per heavy atom. The van der Waals surface area contributed by atoms with Crippen LogP contribution in [0.2, 0.25) is 0 Å². The van der Waals surface area contributed by atoms with E-state index in [-0.39, 0.29) is 11.9 Å². The Kier molecular flexibility index (Phi) is 8.29. The molecule has 1 fully saturated rings. The van der Waals surface area contributed by atoms with Crippen LogP contribution in [-0.4, -0.2) is 44.7 Å². The fraction of sp³-hybridized carbons (Fsp3) is 0.400. The van der Waals surface area contributed by atoms with E-state index in [0.717, 1.165) is 61.9 Å². The van der Waals surface area contributed by atoms with Crippen LogP contribution in [0.1, 0.15) is 49.0 Å². The second-order valence-corrected chi connectivity index (χ2v) is 9.62. The smallest absolute Gasteiger partial charge is 0.142 e. The molecule has 35 heavy (non-hydrogen) atoms. The first kappa shape index (κ1) is 25.1. The minimum atomic E-state index is -0.225. The normalized spacial score (nSPS) is 15.3. The maximum absolute atomic E-state index is 13.6. The quantitative estimate of drug-likeness (QED) is 0.347. The SMILES string of the molecule is COc1ccccc1N1CCN(CCC(Oc2ccc(C(C)C)c(C)c2)c2ccc(F)cc2)CC1. The number of rotatable bonds is 9. The predicted molar refractivity (Wildman–Crippen MR) is 141 cm³/mol. The molecule has 1 saturated heterocycles. The molecule has 0 bridgehead atoms. The molecule has 3 aromatic rings. The molecule has 0 saturated carbocycles. The Balaban J connectivity index is 1.41. The van der Waals surface area contributed by atoms with Crippen LogP contribution < -0.4 is 14.4 Å². The topological polar surface area (TPSA) is 24.9 Å². The van der Waals surface area contributed by atoms with Crippen molar-refractivity contribution >= 4 is 5.69 Å². The first-order valence-corrected chi connectivity index (χ1v) is 12.6. The van der Waals surface area contributed by atoms with Gasteiger partial charge in [-0.05, 0) is 65.9 Å². The Bertz CT molecular complexity index is 1090. The van der Waals surface area contributed by atoms with Crippen LogP contribution in [0.15, 0.2) is 66.7 Å². The fourth-order valence-corrected chi connectivity index (χ4v) is 4.91. The molecule has 4 rings (SSSR count). The summed E-state index contributed by atoms with van der Waals surface area (Å²) in [5.74, 6) is 2.04. The van der Waals surface area contributed by atoms with Gasteiger partial charge in [0.05, 0.1) is 12.8 Å². The summed E-state index contributed by atoms with van der Waals surface area (Å²) in [7, 11) is 1.72. The molecule has 4 nitrogen and oxygen atoms in total. The molecular formula is C30H37FN2O2. The molecule has 1 unspecified atom stereocenters. The van der Waals surface area contributed by atoms with Gasteiger partial charge in [-0.3, -0.25) is 4.90 Å². The summed E-state index contributed by atoms with van der Waals surface area (Å²) in [4.78, 5) is 4.88. The molecule has 0 aromatic heterocycles. The Morgan fingerprint density at radius 1 is 0.914 bits per heavy atom. The van der Waals surface area contributed by atoms with E-state index in [1.165, 1.54) is 23.3 Å². The zero-order valence-electron chi connectivity index (χ0n) is 21.3. The number of methoxy groups -OCH3 is 1. The average molecular weight is 477 g/mol. The molecule has 1 aliphatic heterocycles. The van der Waals surface area contributed by atoms with Crippen molar-refractivity contribution in [1.82, 2.24) is 4.90 Å². The van der Waals surface area contributed by atoms with Crippen LogP contribution in [0.25, 0.3) is 0 Å². The molecule has 0 spiro atoms. The van der Waals surface area contributed by atoms with Crippen molar-refractivity contribution in [1.29, 1.82) is 0 Å². The van der Waals surface area contributed by atoms with Crippen molar-refractivity contribution in [2.45, 2.75) is 39.2 Å². The molecule has 3 aromatic carbocycles. The number of benzene rings is 3. The number of hydrogen-bond acceptors (Lipinski definition) is 4. The minimum absolute atomic E-state index is 0.132. The maximum Gasteiger partial charge on any atom is 0.142 e. The number of nitrogens with zero attached hydrogens (tertiary/aromatic N) is 2. The lowest BCUT2D eigenvalue weighted by molar-refractivity contribution is 0.160. The van der Waals surface area contributed by atoms with E-state index >= 15 is 0 Å². The van der Waals surface area contributed by atoms with Gasteiger partial charge in [0.25, 0.3) is 0 Å². The summed E-state index contributed by atoms with van der Waals surface area (Å²) in [6.07, 6.45) is 0.706. The van der Waals surface area contributed by atoms with Crippen molar-refractivity contribution in [3.63, 3.8) is 0 Å². The summed E-state index contributed by atoms with van der Waals surface area (Å²) in [6, 6.07) is 21.3. The summed E-state index contributed by atoms with van der Waals surface area (Å²) < 4.78 is 25.6. The standard InChI is InChI=1S/C30H37FN2O2/c1-22(2)27-14-13-26(21-23(27)3)35-29(24-9-11-25(31)12-10-24)15-16-32-17-19-33(20-18-32)28-7-5-6-8-30(28)34-4/h5-14,21-22,29H,15-20H2,1-4H3. The van der Waals surface area contributed by atoms with Crippen LogP contribution in [0.5, 0.6) is 11.5 Å². The highest BCUT2D eigenvalue weighted by Gasteiger charge is 2.22. The van der Waals surface area contributed by atoms with Gasteiger partial charge in [-0.25, -0.2) is 4.39 Å². The third-order valence-corrected chi connectivity index (χ3v) is 6.89. The van der Waals surface area contributed by atoms with Gasteiger partial charge in [0.15, 0.2) is 0 Å². The first-order valence-electron chi connectivity index (χ1n) is 12.6. The van der Waals surface area contributed by atoms with Gasteiger partial charge in [0.2, 0.25) is 0 Å². The van der Waals surface area contributed by atoms with Crippen molar-refractivity contribution < 1.29 is 13.9 Å². The highest BCUT2D eigenvalue weighted by molar-refractivity contribution is 5.58. The third-order valence-electron chi connectivity index (χ3n) is 6.89. The van der Waals surface area contributed by atoms with Gasteiger partial charge < -0.3 is 14.4 Å². The summed E-state index contributed by atoms with van der Waals surface area (Å²) in [5, 5.41) is 0. The van der Waals surface area contributed by atoms with Gasteiger partial charge >= 0.3 is 0 Å². The van der Waals surface area contributed by atoms with Crippen LogP contribution in [0.4, 0.5) is 10.1 Å². The van der Waals surface area contributed by atoms with Crippen molar-refractivity contribution in [3.05, 3.63) is 89.2 Å². The predicted octanol–water partition coefficient (Wildman–Crippen LogP) is 6.60. The molecule has 0 aliphatic carbocycles. The Labute approximate surface area is 209 Å². The fourth-order valence-electron chi connectivity index (χ4n) is 4.91. The van der Waals surface area contributed by atoms with E-state index in [9.17, 15) is 4.39 Å². The molecule has 0 amide bonds. The van der Waals surface area contributed by atoms with E-state index in [4.69, 9.17) is 9.47 Å². The second kappa shape index (κ2) is 11.6. The van der Waals surface area contributed by atoms with Gasteiger partial charge in [-0.1, -0.05) is 44.2 Å². The molecule has 5 heteroatoms. The molecular weight excluding hydrogens is 439 g/mol. The van der Waals surface area contributed by atoms with E-state index in [1.54, 1.807) is 7.11 Å². The summed E-state index contributed by atoms with van der Waals surface area (Å²) in [5.41, 5.74) is 4.73. The van der Waals surface area contributed by atoms with Crippen LogP contribution in [0, 0.1) is 12.7 Å². The first-order chi connectivity index (χ1) is 16.9. The number of ether oxygens (including phenoxy) is 2. The highest BCUT2D eigenvalue weighted by atomic mass is 19.1. The third kappa shape index (κ3) is 6.34. The van der Waals surface area contributed by atoms with Crippen molar-refractivity contribution in [3.8, 4) is 11.5 Å². The monoisotopic (exact) mass is 476 g/mol. The molecule has 1 heterocycles. The molecule has 186 valence electrons. The van der Waals surface area contributed by atoms with Crippen LogP contribution in [-0.2, 0) is 0 Å². The minimum Gasteiger partial charge on any atom is -0.495 e. The Hall–Kier alpha value is -3.05. The average Bonchev–Trinajstić information content (AvgIpc) is 2.87. The van der Waals surface area contributed by atoms with Crippen LogP contribution >= 0.6 is 0 Å². The second-order valence-electron chi connectivity index (χ2n) is 9.62. The van der Waals surface area contributed by atoms with Gasteiger partial charge in [-0.15, -0.1) is 0 Å². The lowest BCUT2D eigenvalue weighted by Crippen LogP contribution is -2.47. The van der Waals surface area contributed by atoms with Crippen molar-refractivity contribution in [2.24, 2.45) is 0 Å². The van der Waals surface area contributed by atoms with E-state index in [2.05, 4.69) is 60.9 Å². The number of aryl methyl sites for hydroxylation is 1. The van der Waals surface area contributed by atoms with Gasteiger partial charge in [0.1, 0.15) is 23.4 Å². The van der Waals surface area contributed by atoms with E-state index < -0.39 is 0 Å². The zero-order chi connectivity index (χ0) is 24.8. The molecule has 0 radical (unpaired) electrons. The zero-order valence-corrected chi connectivity index (χ0v) is 21.3. The molecule has 1 atom stereocenters. The van der Waals surface area contributed by atoms with Gasteiger partial charge in [-0.2, -0.15) is 0 Å². The van der Waals surface area contributed by atoms with E-state index in [1.807, 2.05) is 24.3 Å². The maximum atomic E-state index is 13.6. The number of anilines is 1. The van der Waals surface area contributed by atoms with Crippen LogP contribution in [0.3, 0.4) is 0 Å². The summed E-state index contributed by atoms with van der Waals surface area (Å²) >= 11 is 0. The molecule has 0 N–H and O–H groups in total. The number of para-hydroxylation sites is 2. The van der Waals surface area contributed by atoms with E-state index in [0.29, 0.717) is 5.92 Å². The Morgan fingerprint density at radius 2 is 1.63 bits per heavy atom. The number of hydrogen-bond donors (Lipinski definition) is 0. The molecule has 1 aliphatic rings. The lowest BCUT2D eigenvalue weighted by Gasteiger charge is -2.37. The number of halogens is 1. The number of piperazine rings is 1. The largest absolute Gasteiger partial charge is 0.495 e. The summed E-state index contributed by atoms with van der Waals surface area (Å²) in [6.45, 7) is 11.3. The van der Waals surface area contributed by atoms with Crippen molar-refractivity contribution in [2.75, 3.05) is 44.7 Å².